The molecule has 0 amide bonds. The average Bonchev–Trinajstić information content (AvgIpc) is 1.84. The van der Waals surface area contributed by atoms with E-state index in [2.05, 4.69) is 32.1 Å². The Kier molecular flexibility index (Phi) is 3.41. The van der Waals surface area contributed by atoms with Crippen molar-refractivity contribution in [1.29, 1.82) is 0 Å². The summed E-state index contributed by atoms with van der Waals surface area (Å²) in [6.45, 7) is 4.58. The Labute approximate surface area is 70.0 Å². The Morgan fingerprint density at radius 3 is 2.55 bits per heavy atom. The van der Waals surface area contributed by atoms with Crippen molar-refractivity contribution in [3.05, 3.63) is 23.8 Å². The molecule has 0 atom stereocenters. The molecule has 0 bridgehead atoms. The van der Waals surface area contributed by atoms with Crippen molar-refractivity contribution in [2.45, 2.75) is 39.5 Å². The summed E-state index contributed by atoms with van der Waals surface area (Å²) in [5, 5.41) is 0. The van der Waals surface area contributed by atoms with Gasteiger partial charge in [-0.2, -0.15) is 0 Å². The SMILES string of the molecule is CC(C)/C1=C/CC/C=C\CC1. The van der Waals surface area contributed by atoms with Gasteiger partial charge in [-0.3, -0.25) is 0 Å². The lowest BCUT2D eigenvalue weighted by Crippen LogP contribution is -1.95. The average molecular weight is 150 g/mol. The zero-order valence-electron chi connectivity index (χ0n) is 7.64. The smallest absolute Gasteiger partial charge is 0.0260 e. The van der Waals surface area contributed by atoms with Gasteiger partial charge < -0.3 is 0 Å². The van der Waals surface area contributed by atoms with Crippen LogP contribution in [-0.2, 0) is 0 Å². The van der Waals surface area contributed by atoms with Gasteiger partial charge in [0.2, 0.25) is 0 Å². The minimum atomic E-state index is 0.751. The number of rotatable bonds is 1. The van der Waals surface area contributed by atoms with E-state index in [9.17, 15) is 0 Å². The van der Waals surface area contributed by atoms with Crippen molar-refractivity contribution in [1.82, 2.24) is 0 Å². The second kappa shape index (κ2) is 4.38. The van der Waals surface area contributed by atoms with Crippen LogP contribution in [0.15, 0.2) is 23.8 Å². The maximum Gasteiger partial charge on any atom is -0.0260 e. The summed E-state index contributed by atoms with van der Waals surface area (Å²) in [5.74, 6) is 0.751. The van der Waals surface area contributed by atoms with Crippen molar-refractivity contribution in [3.8, 4) is 0 Å². The monoisotopic (exact) mass is 150 g/mol. The van der Waals surface area contributed by atoms with Crippen LogP contribution in [0, 0.1) is 5.92 Å². The molecular formula is C11H18. The summed E-state index contributed by atoms with van der Waals surface area (Å²) in [6, 6.07) is 0. The Morgan fingerprint density at radius 2 is 1.82 bits per heavy atom. The summed E-state index contributed by atoms with van der Waals surface area (Å²) < 4.78 is 0. The van der Waals surface area contributed by atoms with Gasteiger partial charge in [0.1, 0.15) is 0 Å². The molecule has 0 N–H and O–H groups in total. The molecule has 0 aromatic carbocycles. The van der Waals surface area contributed by atoms with Crippen LogP contribution in [-0.4, -0.2) is 0 Å². The highest BCUT2D eigenvalue weighted by Gasteiger charge is 2.02. The molecule has 0 unspecified atom stereocenters. The highest BCUT2D eigenvalue weighted by molar-refractivity contribution is 5.08. The molecule has 0 radical (unpaired) electrons. The molecule has 1 aliphatic carbocycles. The summed E-state index contributed by atoms with van der Waals surface area (Å²) in [6.07, 6.45) is 12.0. The van der Waals surface area contributed by atoms with Gasteiger partial charge in [0.25, 0.3) is 0 Å². The van der Waals surface area contributed by atoms with Crippen LogP contribution in [0.1, 0.15) is 39.5 Å². The molecule has 11 heavy (non-hydrogen) atoms. The first-order valence-electron chi connectivity index (χ1n) is 4.64. The number of hydrogen-bond acceptors (Lipinski definition) is 0. The first kappa shape index (κ1) is 8.58. The molecule has 1 rings (SSSR count). The lowest BCUT2D eigenvalue weighted by Gasteiger charge is -2.11. The standard InChI is InChI=1S/C11H18/c1-10(2)11-8-6-4-3-5-7-9-11/h3-4,9-10H,5-8H2,1-2H3/b4-3-,11-9+. The van der Waals surface area contributed by atoms with E-state index in [-0.39, 0.29) is 0 Å². The summed E-state index contributed by atoms with van der Waals surface area (Å²) >= 11 is 0. The van der Waals surface area contributed by atoms with Gasteiger partial charge in [0.05, 0.1) is 0 Å². The third-order valence-corrected chi connectivity index (χ3v) is 2.25. The van der Waals surface area contributed by atoms with E-state index in [0.717, 1.165) is 5.92 Å². The molecule has 0 aliphatic heterocycles. The molecular weight excluding hydrogens is 132 g/mol. The molecule has 0 saturated carbocycles. The lowest BCUT2D eigenvalue weighted by atomic mass is 9.95. The Bertz CT molecular complexity index is 161. The minimum Gasteiger partial charge on any atom is -0.0882 e. The van der Waals surface area contributed by atoms with Crippen molar-refractivity contribution in [2.24, 2.45) is 5.92 Å². The van der Waals surface area contributed by atoms with E-state index >= 15 is 0 Å². The summed E-state index contributed by atoms with van der Waals surface area (Å²) in [4.78, 5) is 0. The Balaban J connectivity index is 2.50. The minimum absolute atomic E-state index is 0.751. The molecule has 0 spiro atoms. The van der Waals surface area contributed by atoms with E-state index in [1.807, 2.05) is 0 Å². The Hall–Kier alpha value is -0.520. The van der Waals surface area contributed by atoms with E-state index < -0.39 is 0 Å². The fraction of sp³-hybridized carbons (Fsp3) is 0.636. The van der Waals surface area contributed by atoms with Crippen LogP contribution in [0.3, 0.4) is 0 Å². The fourth-order valence-corrected chi connectivity index (χ4v) is 1.48. The Morgan fingerprint density at radius 1 is 1.09 bits per heavy atom. The van der Waals surface area contributed by atoms with Crippen LogP contribution >= 0.6 is 0 Å². The number of allylic oxidation sites excluding steroid dienone is 4. The van der Waals surface area contributed by atoms with Gasteiger partial charge in [-0.25, -0.2) is 0 Å². The molecule has 0 nitrogen and oxygen atoms in total. The quantitative estimate of drug-likeness (QED) is 0.500. The fourth-order valence-electron chi connectivity index (χ4n) is 1.48. The van der Waals surface area contributed by atoms with Crippen molar-refractivity contribution in [3.63, 3.8) is 0 Å². The zero-order valence-corrected chi connectivity index (χ0v) is 7.64. The molecule has 0 fully saturated rings. The van der Waals surface area contributed by atoms with Crippen molar-refractivity contribution in [2.75, 3.05) is 0 Å². The highest BCUT2D eigenvalue weighted by atomic mass is 14.1. The number of hydrogen-bond donors (Lipinski definition) is 0. The van der Waals surface area contributed by atoms with E-state index in [1.54, 1.807) is 5.57 Å². The van der Waals surface area contributed by atoms with Gasteiger partial charge >= 0.3 is 0 Å². The van der Waals surface area contributed by atoms with Crippen LogP contribution < -0.4 is 0 Å². The third kappa shape index (κ3) is 2.92. The molecule has 0 heterocycles. The van der Waals surface area contributed by atoms with E-state index in [0.29, 0.717) is 0 Å². The van der Waals surface area contributed by atoms with E-state index in [1.165, 1.54) is 25.7 Å². The van der Waals surface area contributed by atoms with Crippen LogP contribution in [0.5, 0.6) is 0 Å². The van der Waals surface area contributed by atoms with Crippen molar-refractivity contribution >= 4 is 0 Å². The summed E-state index contributed by atoms with van der Waals surface area (Å²) in [5.41, 5.74) is 1.65. The molecule has 62 valence electrons. The third-order valence-electron chi connectivity index (χ3n) is 2.25. The zero-order chi connectivity index (χ0) is 8.10. The van der Waals surface area contributed by atoms with E-state index in [4.69, 9.17) is 0 Å². The topological polar surface area (TPSA) is 0 Å². The summed E-state index contributed by atoms with van der Waals surface area (Å²) in [7, 11) is 0. The largest absolute Gasteiger partial charge is 0.0882 e. The van der Waals surface area contributed by atoms with Gasteiger partial charge in [-0.15, -0.1) is 0 Å². The van der Waals surface area contributed by atoms with Gasteiger partial charge in [-0.1, -0.05) is 37.6 Å². The maximum absolute atomic E-state index is 2.42. The first-order chi connectivity index (χ1) is 5.30. The predicted octanol–water partition coefficient (Wildman–Crippen LogP) is 3.70. The molecule has 0 heteroatoms. The van der Waals surface area contributed by atoms with Crippen LogP contribution in [0.4, 0.5) is 0 Å². The van der Waals surface area contributed by atoms with Gasteiger partial charge in [0.15, 0.2) is 0 Å². The molecule has 1 aliphatic rings. The van der Waals surface area contributed by atoms with Crippen LogP contribution in [0.2, 0.25) is 0 Å². The van der Waals surface area contributed by atoms with Gasteiger partial charge in [-0.05, 0) is 31.6 Å². The molecule has 0 aromatic heterocycles. The highest BCUT2D eigenvalue weighted by Crippen LogP contribution is 2.19. The lowest BCUT2D eigenvalue weighted by molar-refractivity contribution is 0.702. The van der Waals surface area contributed by atoms with Gasteiger partial charge in [0, 0.05) is 0 Å². The molecule has 0 saturated heterocycles. The molecule has 0 aromatic rings. The maximum atomic E-state index is 2.42. The normalized spacial score (nSPS) is 27.0. The predicted molar refractivity (Wildman–Crippen MR) is 50.5 cm³/mol. The van der Waals surface area contributed by atoms with Crippen molar-refractivity contribution < 1.29 is 0 Å². The second-order valence-electron chi connectivity index (χ2n) is 3.52. The first-order valence-corrected chi connectivity index (χ1v) is 4.64. The second-order valence-corrected chi connectivity index (χ2v) is 3.52. The van der Waals surface area contributed by atoms with Crippen LogP contribution in [0.25, 0.3) is 0 Å².